The number of amides is 1. The first-order chi connectivity index (χ1) is 7.80. The van der Waals surface area contributed by atoms with Gasteiger partial charge in [-0.25, -0.2) is 0 Å². The average Bonchev–Trinajstić information content (AvgIpc) is 2.25. The standard InChI is InChI=1S/C14H18ClNO/c1-10(15)9-16-13(17)11-5-7-12(8-6-11)14(2,3)4/h5-8H,1,9H2,2-4H3,(H,16,17). The van der Waals surface area contributed by atoms with Crippen LogP contribution in [0.25, 0.3) is 0 Å². The van der Waals surface area contributed by atoms with Crippen molar-refractivity contribution in [2.24, 2.45) is 0 Å². The van der Waals surface area contributed by atoms with E-state index in [0.29, 0.717) is 17.1 Å². The first-order valence-electron chi connectivity index (χ1n) is 5.53. The normalized spacial score (nSPS) is 11.1. The van der Waals surface area contributed by atoms with Gasteiger partial charge in [0.2, 0.25) is 0 Å². The van der Waals surface area contributed by atoms with Crippen molar-refractivity contribution in [2.45, 2.75) is 26.2 Å². The summed E-state index contributed by atoms with van der Waals surface area (Å²) in [5.41, 5.74) is 1.94. The molecule has 0 radical (unpaired) electrons. The van der Waals surface area contributed by atoms with Crippen molar-refractivity contribution in [1.29, 1.82) is 0 Å². The zero-order valence-electron chi connectivity index (χ0n) is 10.5. The molecule has 2 nitrogen and oxygen atoms in total. The molecule has 0 fully saturated rings. The van der Waals surface area contributed by atoms with Crippen LogP contribution < -0.4 is 5.32 Å². The Hall–Kier alpha value is -1.28. The summed E-state index contributed by atoms with van der Waals surface area (Å²) in [4.78, 5) is 11.7. The average molecular weight is 252 g/mol. The fourth-order valence-corrected chi connectivity index (χ4v) is 1.47. The van der Waals surface area contributed by atoms with Gasteiger partial charge in [-0.05, 0) is 23.1 Å². The first-order valence-corrected chi connectivity index (χ1v) is 5.90. The van der Waals surface area contributed by atoms with Crippen LogP contribution in [0.3, 0.4) is 0 Å². The minimum Gasteiger partial charge on any atom is -0.347 e. The van der Waals surface area contributed by atoms with Crippen molar-refractivity contribution in [3.63, 3.8) is 0 Å². The van der Waals surface area contributed by atoms with Crippen LogP contribution in [-0.2, 0) is 5.41 Å². The van der Waals surface area contributed by atoms with Gasteiger partial charge in [0.1, 0.15) is 0 Å². The van der Waals surface area contributed by atoms with Gasteiger partial charge in [0.15, 0.2) is 0 Å². The van der Waals surface area contributed by atoms with E-state index in [-0.39, 0.29) is 11.3 Å². The molecule has 1 rings (SSSR count). The minimum absolute atomic E-state index is 0.0967. The second kappa shape index (κ2) is 5.37. The molecule has 1 aromatic carbocycles. The van der Waals surface area contributed by atoms with E-state index >= 15 is 0 Å². The number of hydrogen-bond acceptors (Lipinski definition) is 1. The summed E-state index contributed by atoms with van der Waals surface area (Å²) < 4.78 is 0. The Kier molecular flexibility index (Phi) is 4.35. The smallest absolute Gasteiger partial charge is 0.251 e. The molecular weight excluding hydrogens is 234 g/mol. The number of hydrogen-bond donors (Lipinski definition) is 1. The number of nitrogens with one attached hydrogen (secondary N) is 1. The van der Waals surface area contributed by atoms with Crippen molar-refractivity contribution in [2.75, 3.05) is 6.54 Å². The van der Waals surface area contributed by atoms with E-state index in [1.54, 1.807) is 0 Å². The van der Waals surface area contributed by atoms with E-state index in [1.807, 2.05) is 24.3 Å². The van der Waals surface area contributed by atoms with Crippen LogP contribution in [-0.4, -0.2) is 12.5 Å². The zero-order chi connectivity index (χ0) is 13.1. The highest BCUT2D eigenvalue weighted by Gasteiger charge is 2.14. The second-order valence-corrected chi connectivity index (χ2v) is 5.56. The highest BCUT2D eigenvalue weighted by atomic mass is 35.5. The summed E-state index contributed by atoms with van der Waals surface area (Å²) in [6.45, 7) is 10.2. The third-order valence-corrected chi connectivity index (χ3v) is 2.59. The Bertz CT molecular complexity index is 415. The number of halogens is 1. The monoisotopic (exact) mass is 251 g/mol. The third kappa shape index (κ3) is 4.23. The van der Waals surface area contributed by atoms with Crippen molar-refractivity contribution in [3.8, 4) is 0 Å². The van der Waals surface area contributed by atoms with Crippen molar-refractivity contribution >= 4 is 17.5 Å². The summed E-state index contributed by atoms with van der Waals surface area (Å²) in [5, 5.41) is 3.11. The summed E-state index contributed by atoms with van der Waals surface area (Å²) in [6.07, 6.45) is 0. The van der Waals surface area contributed by atoms with E-state index in [4.69, 9.17) is 11.6 Å². The van der Waals surface area contributed by atoms with E-state index in [0.717, 1.165) is 0 Å². The molecule has 0 aliphatic carbocycles. The van der Waals surface area contributed by atoms with Gasteiger partial charge in [0.25, 0.3) is 5.91 Å². The van der Waals surface area contributed by atoms with Gasteiger partial charge in [-0.1, -0.05) is 51.1 Å². The molecule has 0 atom stereocenters. The van der Waals surface area contributed by atoms with Gasteiger partial charge in [-0.2, -0.15) is 0 Å². The lowest BCUT2D eigenvalue weighted by Gasteiger charge is -2.19. The highest BCUT2D eigenvalue weighted by molar-refractivity contribution is 6.29. The van der Waals surface area contributed by atoms with Crippen LogP contribution in [0.4, 0.5) is 0 Å². The van der Waals surface area contributed by atoms with Crippen molar-refractivity contribution < 1.29 is 4.79 Å². The maximum absolute atomic E-state index is 11.7. The molecule has 0 unspecified atom stereocenters. The SMILES string of the molecule is C=C(Cl)CNC(=O)c1ccc(C(C)(C)C)cc1. The summed E-state index contributed by atoms with van der Waals surface area (Å²) >= 11 is 5.59. The predicted octanol–water partition coefficient (Wildman–Crippen LogP) is 3.47. The first kappa shape index (κ1) is 13.8. The molecule has 0 spiro atoms. The topological polar surface area (TPSA) is 29.1 Å². The second-order valence-electron chi connectivity index (χ2n) is 5.03. The molecule has 0 saturated heterocycles. The molecule has 0 saturated carbocycles. The van der Waals surface area contributed by atoms with Crippen LogP contribution in [0.5, 0.6) is 0 Å². The van der Waals surface area contributed by atoms with Crippen LogP contribution >= 0.6 is 11.6 Å². The Morgan fingerprint density at radius 3 is 2.24 bits per heavy atom. The molecule has 0 aromatic heterocycles. The van der Waals surface area contributed by atoms with Gasteiger partial charge < -0.3 is 5.32 Å². The summed E-state index contributed by atoms with van der Waals surface area (Å²) in [7, 11) is 0. The molecule has 1 amide bonds. The lowest BCUT2D eigenvalue weighted by Crippen LogP contribution is -2.24. The summed E-state index contributed by atoms with van der Waals surface area (Å²) in [6, 6.07) is 7.61. The van der Waals surface area contributed by atoms with E-state index in [1.165, 1.54) is 5.56 Å². The van der Waals surface area contributed by atoms with Crippen molar-refractivity contribution in [1.82, 2.24) is 5.32 Å². The number of rotatable bonds is 3. The molecule has 0 heterocycles. The Labute approximate surface area is 108 Å². The molecule has 0 bridgehead atoms. The number of carbonyl (C=O) groups is 1. The van der Waals surface area contributed by atoms with E-state index in [2.05, 4.69) is 32.7 Å². The highest BCUT2D eigenvalue weighted by Crippen LogP contribution is 2.22. The van der Waals surface area contributed by atoms with Gasteiger partial charge in [0.05, 0.1) is 6.54 Å². The number of benzene rings is 1. The molecule has 1 aromatic rings. The van der Waals surface area contributed by atoms with Gasteiger partial charge in [-0.15, -0.1) is 0 Å². The predicted molar refractivity (Wildman–Crippen MR) is 72.5 cm³/mol. The van der Waals surface area contributed by atoms with E-state index in [9.17, 15) is 4.79 Å². The Morgan fingerprint density at radius 2 is 1.82 bits per heavy atom. The van der Waals surface area contributed by atoms with Gasteiger partial charge in [0, 0.05) is 10.6 Å². The van der Waals surface area contributed by atoms with E-state index < -0.39 is 0 Å². The van der Waals surface area contributed by atoms with Gasteiger partial charge >= 0.3 is 0 Å². The van der Waals surface area contributed by atoms with Crippen molar-refractivity contribution in [3.05, 3.63) is 47.0 Å². The Balaban J connectivity index is 2.74. The molecule has 1 N–H and O–H groups in total. The zero-order valence-corrected chi connectivity index (χ0v) is 11.3. The summed E-state index contributed by atoms with van der Waals surface area (Å²) in [5.74, 6) is -0.132. The van der Waals surface area contributed by atoms with Crippen LogP contribution in [0.15, 0.2) is 35.9 Å². The van der Waals surface area contributed by atoms with Crippen LogP contribution in [0.2, 0.25) is 0 Å². The molecule has 0 aliphatic rings. The van der Waals surface area contributed by atoms with Crippen LogP contribution in [0, 0.1) is 0 Å². The molecule has 3 heteroatoms. The fraction of sp³-hybridized carbons (Fsp3) is 0.357. The maximum Gasteiger partial charge on any atom is 0.251 e. The molecular formula is C14H18ClNO. The minimum atomic E-state index is -0.132. The van der Waals surface area contributed by atoms with Crippen LogP contribution in [0.1, 0.15) is 36.7 Å². The molecule has 17 heavy (non-hydrogen) atoms. The molecule has 0 aliphatic heterocycles. The third-order valence-electron chi connectivity index (χ3n) is 2.45. The lowest BCUT2D eigenvalue weighted by atomic mass is 9.87. The quantitative estimate of drug-likeness (QED) is 0.876. The fourth-order valence-electron chi connectivity index (χ4n) is 1.40. The number of carbonyl (C=O) groups excluding carboxylic acids is 1. The maximum atomic E-state index is 11.7. The Morgan fingerprint density at radius 1 is 1.29 bits per heavy atom. The largest absolute Gasteiger partial charge is 0.347 e. The molecule has 92 valence electrons. The lowest BCUT2D eigenvalue weighted by molar-refractivity contribution is 0.0957. The van der Waals surface area contributed by atoms with Gasteiger partial charge in [-0.3, -0.25) is 4.79 Å².